The molecule has 1 N–H and O–H groups in total. The molecule has 0 radical (unpaired) electrons. The van der Waals surface area contributed by atoms with Crippen molar-refractivity contribution in [2.75, 3.05) is 6.54 Å². The minimum atomic E-state index is -0.896. The molecule has 1 aromatic rings. The molecule has 1 atom stereocenters. The Morgan fingerprint density at radius 2 is 1.67 bits per heavy atom. The first-order valence-electron chi connectivity index (χ1n) is 7.52. The molecule has 0 bridgehead atoms. The van der Waals surface area contributed by atoms with E-state index in [9.17, 15) is 8.78 Å². The van der Waals surface area contributed by atoms with E-state index in [0.29, 0.717) is 16.5 Å². The summed E-state index contributed by atoms with van der Waals surface area (Å²) in [5.74, 6) is -1.40. The van der Waals surface area contributed by atoms with E-state index in [2.05, 4.69) is 39.9 Å². The third-order valence-electron chi connectivity index (χ3n) is 5.45. The second-order valence-corrected chi connectivity index (χ2v) is 7.55. The van der Waals surface area contributed by atoms with E-state index in [1.165, 1.54) is 6.07 Å². The maximum Gasteiger partial charge on any atom is 0.160 e. The van der Waals surface area contributed by atoms with Crippen molar-refractivity contribution in [1.29, 1.82) is 0 Å². The van der Waals surface area contributed by atoms with E-state index in [0.717, 1.165) is 19.0 Å². The summed E-state index contributed by atoms with van der Waals surface area (Å²) in [6.07, 6.45) is 0.978. The Balaban J connectivity index is 2.41. The first kappa shape index (κ1) is 16.7. The molecule has 1 fully saturated rings. The zero-order valence-electron chi connectivity index (χ0n) is 13.4. The highest BCUT2D eigenvalue weighted by Crippen LogP contribution is 2.72. The van der Waals surface area contributed by atoms with Crippen LogP contribution in [0, 0.1) is 28.4 Å². The lowest BCUT2D eigenvalue weighted by molar-refractivity contribution is 0.406. The van der Waals surface area contributed by atoms with Gasteiger partial charge in [-0.3, -0.25) is 0 Å². The minimum Gasteiger partial charge on any atom is -0.310 e. The molecule has 1 saturated carbocycles. The number of nitrogens with one attached hydrogen (secondary N) is 1. The Kier molecular flexibility index (Phi) is 4.38. The van der Waals surface area contributed by atoms with E-state index < -0.39 is 11.6 Å². The Morgan fingerprint density at radius 3 is 2.14 bits per heavy atom. The van der Waals surface area contributed by atoms with Gasteiger partial charge in [0.15, 0.2) is 11.6 Å². The van der Waals surface area contributed by atoms with Gasteiger partial charge in [0.1, 0.15) is 0 Å². The summed E-state index contributed by atoms with van der Waals surface area (Å²) in [7, 11) is 0. The molecule has 21 heavy (non-hydrogen) atoms. The van der Waals surface area contributed by atoms with Gasteiger partial charge in [0.2, 0.25) is 0 Å². The van der Waals surface area contributed by atoms with Gasteiger partial charge in [0, 0.05) is 11.1 Å². The summed E-state index contributed by atoms with van der Waals surface area (Å²) in [5.41, 5.74) is 0.923. The maximum absolute atomic E-state index is 13.6. The van der Waals surface area contributed by atoms with Crippen molar-refractivity contribution in [3.8, 4) is 0 Å². The Morgan fingerprint density at radius 1 is 1.14 bits per heavy atom. The first-order valence-corrected chi connectivity index (χ1v) is 7.90. The van der Waals surface area contributed by atoms with E-state index in [1.807, 2.05) is 0 Å². The molecule has 0 amide bonds. The standard InChI is InChI=1S/C17H24ClF2N/c1-6-7-21-14(15-16(2,3)17(15,4)5)10-8-12(19)13(20)9-11(10)18/h8-9,14-15,21H,6-7H2,1-5H3. The van der Waals surface area contributed by atoms with E-state index in [4.69, 9.17) is 11.6 Å². The number of rotatable bonds is 5. The molecular formula is C17H24ClF2N. The van der Waals surface area contributed by atoms with Crippen LogP contribution in [0.15, 0.2) is 12.1 Å². The molecule has 118 valence electrons. The van der Waals surface area contributed by atoms with Gasteiger partial charge in [0.05, 0.1) is 0 Å². The molecular weight excluding hydrogens is 292 g/mol. The van der Waals surface area contributed by atoms with Crippen LogP contribution in [-0.2, 0) is 0 Å². The van der Waals surface area contributed by atoms with Crippen molar-refractivity contribution in [2.24, 2.45) is 16.7 Å². The zero-order valence-corrected chi connectivity index (χ0v) is 14.1. The normalized spacial score (nSPS) is 21.3. The van der Waals surface area contributed by atoms with Crippen LogP contribution in [0.25, 0.3) is 0 Å². The van der Waals surface area contributed by atoms with Crippen molar-refractivity contribution < 1.29 is 8.78 Å². The molecule has 1 unspecified atom stereocenters. The molecule has 1 aliphatic rings. The topological polar surface area (TPSA) is 12.0 Å². The molecule has 0 spiro atoms. The smallest absolute Gasteiger partial charge is 0.160 e. The summed E-state index contributed by atoms with van der Waals surface area (Å²) in [4.78, 5) is 0. The average molecular weight is 316 g/mol. The van der Waals surface area contributed by atoms with Gasteiger partial charge in [-0.05, 0) is 47.4 Å². The van der Waals surface area contributed by atoms with E-state index in [1.54, 1.807) is 0 Å². The van der Waals surface area contributed by atoms with Gasteiger partial charge in [-0.1, -0.05) is 46.2 Å². The third-order valence-corrected chi connectivity index (χ3v) is 5.78. The van der Waals surface area contributed by atoms with Gasteiger partial charge in [-0.2, -0.15) is 0 Å². The average Bonchev–Trinajstić information content (AvgIpc) is 2.78. The SMILES string of the molecule is CCCNC(c1cc(F)c(F)cc1Cl)C1C(C)(C)C1(C)C. The highest BCUT2D eigenvalue weighted by atomic mass is 35.5. The van der Waals surface area contributed by atoms with E-state index in [-0.39, 0.29) is 16.9 Å². The Labute approximate surface area is 131 Å². The number of benzene rings is 1. The van der Waals surface area contributed by atoms with Crippen LogP contribution < -0.4 is 5.32 Å². The van der Waals surface area contributed by atoms with Crippen LogP contribution in [0.3, 0.4) is 0 Å². The molecule has 0 aliphatic heterocycles. The van der Waals surface area contributed by atoms with E-state index >= 15 is 0 Å². The second kappa shape index (κ2) is 5.51. The quantitative estimate of drug-likeness (QED) is 0.723. The van der Waals surface area contributed by atoms with Gasteiger partial charge in [-0.25, -0.2) is 8.78 Å². The molecule has 4 heteroatoms. The molecule has 0 aromatic heterocycles. The lowest BCUT2D eigenvalue weighted by Crippen LogP contribution is -2.26. The zero-order chi connectivity index (χ0) is 16.0. The predicted molar refractivity (Wildman–Crippen MR) is 83.5 cm³/mol. The summed E-state index contributed by atoms with van der Waals surface area (Å²) in [5, 5.41) is 3.77. The maximum atomic E-state index is 13.6. The number of hydrogen-bond donors (Lipinski definition) is 1. The lowest BCUT2D eigenvalue weighted by atomic mass is 9.96. The van der Waals surface area contributed by atoms with Crippen molar-refractivity contribution >= 4 is 11.6 Å². The largest absolute Gasteiger partial charge is 0.310 e. The highest BCUT2D eigenvalue weighted by Gasteiger charge is 2.67. The molecule has 0 saturated heterocycles. The Hall–Kier alpha value is -0.670. The first-order chi connectivity index (χ1) is 9.64. The molecule has 1 nitrogen and oxygen atoms in total. The van der Waals surface area contributed by atoms with Crippen molar-refractivity contribution in [3.05, 3.63) is 34.4 Å². The lowest BCUT2D eigenvalue weighted by Gasteiger charge is -2.23. The van der Waals surface area contributed by atoms with Crippen LogP contribution in [0.4, 0.5) is 8.78 Å². The highest BCUT2D eigenvalue weighted by molar-refractivity contribution is 6.31. The fourth-order valence-electron chi connectivity index (χ4n) is 3.56. The van der Waals surface area contributed by atoms with Crippen LogP contribution in [0.2, 0.25) is 5.02 Å². The predicted octanol–water partition coefficient (Wildman–Crippen LogP) is 5.34. The van der Waals surface area contributed by atoms with Crippen LogP contribution in [0.1, 0.15) is 52.6 Å². The van der Waals surface area contributed by atoms with Crippen LogP contribution >= 0.6 is 11.6 Å². The van der Waals surface area contributed by atoms with Gasteiger partial charge in [0.25, 0.3) is 0 Å². The minimum absolute atomic E-state index is 0.0578. The van der Waals surface area contributed by atoms with Gasteiger partial charge in [-0.15, -0.1) is 0 Å². The monoisotopic (exact) mass is 315 g/mol. The number of halogens is 3. The van der Waals surface area contributed by atoms with Gasteiger partial charge < -0.3 is 5.32 Å². The summed E-state index contributed by atoms with van der Waals surface area (Å²) in [6.45, 7) is 11.8. The molecule has 1 aromatic carbocycles. The van der Waals surface area contributed by atoms with Crippen molar-refractivity contribution in [1.82, 2.24) is 5.32 Å². The van der Waals surface area contributed by atoms with Crippen LogP contribution in [-0.4, -0.2) is 6.54 Å². The third kappa shape index (κ3) is 2.70. The molecule has 1 aliphatic carbocycles. The summed E-state index contributed by atoms with van der Waals surface area (Å²) in [6, 6.07) is 2.27. The van der Waals surface area contributed by atoms with Crippen LogP contribution in [0.5, 0.6) is 0 Å². The fraction of sp³-hybridized carbons (Fsp3) is 0.647. The summed E-state index contributed by atoms with van der Waals surface area (Å²) < 4.78 is 27.0. The van der Waals surface area contributed by atoms with Gasteiger partial charge >= 0.3 is 0 Å². The number of hydrogen-bond acceptors (Lipinski definition) is 1. The molecule has 2 rings (SSSR count). The van der Waals surface area contributed by atoms with Crippen molar-refractivity contribution in [3.63, 3.8) is 0 Å². The molecule has 0 heterocycles. The summed E-state index contributed by atoms with van der Waals surface area (Å²) >= 11 is 6.19. The van der Waals surface area contributed by atoms with Crippen molar-refractivity contribution in [2.45, 2.75) is 47.1 Å². The second-order valence-electron chi connectivity index (χ2n) is 7.14. The Bertz CT molecular complexity index is 526. The fourth-order valence-corrected chi connectivity index (χ4v) is 3.83.